The van der Waals surface area contributed by atoms with Crippen LogP contribution >= 0.6 is 0 Å². The van der Waals surface area contributed by atoms with Crippen LogP contribution in [-0.2, 0) is 4.74 Å². The second-order valence-electron chi connectivity index (χ2n) is 5.44. The molecule has 2 rings (SSSR count). The molecule has 0 fully saturated rings. The summed E-state index contributed by atoms with van der Waals surface area (Å²) < 4.78 is 10.5. The zero-order valence-corrected chi connectivity index (χ0v) is 14.5. The third kappa shape index (κ3) is 5.07. The van der Waals surface area contributed by atoms with E-state index in [0.29, 0.717) is 23.6 Å². The van der Waals surface area contributed by atoms with Crippen molar-refractivity contribution in [2.45, 2.75) is 20.0 Å². The van der Waals surface area contributed by atoms with Gasteiger partial charge in [0.2, 0.25) is 5.78 Å². The number of anilines is 1. The number of nitrogens with one attached hydrogen (secondary N) is 1. The Morgan fingerprint density at radius 1 is 1.00 bits per heavy atom. The Morgan fingerprint density at radius 3 is 2.12 bits per heavy atom. The van der Waals surface area contributed by atoms with Gasteiger partial charge in [-0.25, -0.2) is 9.59 Å². The number of primary amides is 1. The minimum absolute atomic E-state index is 0.256. The fourth-order valence-corrected chi connectivity index (χ4v) is 2.23. The van der Waals surface area contributed by atoms with Crippen LogP contribution in [0.4, 0.5) is 10.5 Å². The van der Waals surface area contributed by atoms with Crippen molar-refractivity contribution in [2.75, 3.05) is 11.9 Å². The molecule has 0 unspecified atom stereocenters. The molecule has 7 heteroatoms. The van der Waals surface area contributed by atoms with E-state index in [-0.39, 0.29) is 11.3 Å². The van der Waals surface area contributed by atoms with Crippen molar-refractivity contribution in [2.24, 2.45) is 5.73 Å². The van der Waals surface area contributed by atoms with Gasteiger partial charge in [-0.15, -0.1) is 0 Å². The van der Waals surface area contributed by atoms with Crippen molar-refractivity contribution in [1.82, 2.24) is 0 Å². The Kier molecular flexibility index (Phi) is 6.32. The number of urea groups is 1. The third-order valence-electron chi connectivity index (χ3n) is 3.49. The normalized spacial score (nSPS) is 11.3. The van der Waals surface area contributed by atoms with Crippen LogP contribution in [-0.4, -0.2) is 30.5 Å². The van der Waals surface area contributed by atoms with Gasteiger partial charge >= 0.3 is 12.0 Å². The molecule has 0 heterocycles. The number of carbonyl (C=O) groups excluding carboxylic acids is 3. The molecule has 26 heavy (non-hydrogen) atoms. The SMILES string of the molecule is CCOc1ccc(C(=O)[C@H](C)OC(=O)c2ccc(NC(N)=O)cc2)cc1. The molecule has 2 aromatic carbocycles. The van der Waals surface area contributed by atoms with Crippen molar-refractivity contribution in [1.29, 1.82) is 0 Å². The first-order valence-electron chi connectivity index (χ1n) is 8.05. The van der Waals surface area contributed by atoms with E-state index in [9.17, 15) is 14.4 Å². The topological polar surface area (TPSA) is 108 Å². The van der Waals surface area contributed by atoms with Crippen molar-refractivity contribution in [3.05, 3.63) is 59.7 Å². The molecule has 0 aliphatic heterocycles. The van der Waals surface area contributed by atoms with E-state index in [4.69, 9.17) is 15.2 Å². The number of hydrogen-bond acceptors (Lipinski definition) is 5. The van der Waals surface area contributed by atoms with Crippen LogP contribution < -0.4 is 15.8 Å². The maximum absolute atomic E-state index is 12.4. The quantitative estimate of drug-likeness (QED) is 0.586. The largest absolute Gasteiger partial charge is 0.494 e. The molecule has 2 amide bonds. The maximum Gasteiger partial charge on any atom is 0.338 e. The molecule has 0 saturated carbocycles. The van der Waals surface area contributed by atoms with Crippen LogP contribution in [0.5, 0.6) is 5.75 Å². The third-order valence-corrected chi connectivity index (χ3v) is 3.49. The van der Waals surface area contributed by atoms with E-state index >= 15 is 0 Å². The molecule has 3 N–H and O–H groups in total. The van der Waals surface area contributed by atoms with E-state index < -0.39 is 18.1 Å². The van der Waals surface area contributed by atoms with Gasteiger partial charge in [-0.1, -0.05) is 0 Å². The van der Waals surface area contributed by atoms with Gasteiger partial charge in [0, 0.05) is 11.3 Å². The highest BCUT2D eigenvalue weighted by Gasteiger charge is 2.20. The second kappa shape index (κ2) is 8.66. The number of ether oxygens (including phenoxy) is 2. The first kappa shape index (κ1) is 19.0. The molecule has 0 spiro atoms. The lowest BCUT2D eigenvalue weighted by atomic mass is 10.1. The lowest BCUT2D eigenvalue weighted by Gasteiger charge is -2.13. The summed E-state index contributed by atoms with van der Waals surface area (Å²) >= 11 is 0. The van der Waals surface area contributed by atoms with E-state index in [1.165, 1.54) is 31.2 Å². The number of carbonyl (C=O) groups is 3. The molecule has 0 aromatic heterocycles. The summed E-state index contributed by atoms with van der Waals surface area (Å²) in [6, 6.07) is 11.9. The van der Waals surface area contributed by atoms with Crippen molar-refractivity contribution in [3.8, 4) is 5.75 Å². The molecular formula is C19H20N2O5. The highest BCUT2D eigenvalue weighted by atomic mass is 16.5. The number of esters is 1. The van der Waals surface area contributed by atoms with Gasteiger partial charge in [-0.3, -0.25) is 4.79 Å². The Balaban J connectivity index is 1.99. The van der Waals surface area contributed by atoms with Gasteiger partial charge in [0.05, 0.1) is 12.2 Å². The van der Waals surface area contributed by atoms with Crippen molar-refractivity contribution >= 4 is 23.5 Å². The number of ketones is 1. The summed E-state index contributed by atoms with van der Waals surface area (Å²) in [5.74, 6) is -0.283. The Hall–Kier alpha value is -3.35. The number of benzene rings is 2. The molecule has 0 saturated heterocycles. The highest BCUT2D eigenvalue weighted by molar-refractivity contribution is 6.01. The van der Waals surface area contributed by atoms with Crippen molar-refractivity contribution in [3.63, 3.8) is 0 Å². The van der Waals surface area contributed by atoms with Gasteiger partial charge in [-0.05, 0) is 62.4 Å². The fraction of sp³-hybridized carbons (Fsp3) is 0.211. The van der Waals surface area contributed by atoms with Crippen LogP contribution in [0.3, 0.4) is 0 Å². The number of nitrogens with two attached hydrogens (primary N) is 1. The summed E-state index contributed by atoms with van der Waals surface area (Å²) in [4.78, 5) is 35.3. The second-order valence-corrected chi connectivity index (χ2v) is 5.44. The molecule has 0 aliphatic carbocycles. The summed E-state index contributed by atoms with van der Waals surface area (Å²) in [5, 5.41) is 2.39. The summed E-state index contributed by atoms with van der Waals surface area (Å²) in [6.07, 6.45) is -0.941. The number of amides is 2. The van der Waals surface area contributed by atoms with Crippen LogP contribution in [0.2, 0.25) is 0 Å². The molecule has 136 valence electrons. The molecule has 2 aromatic rings. The van der Waals surface area contributed by atoms with E-state index in [1.54, 1.807) is 24.3 Å². The lowest BCUT2D eigenvalue weighted by Crippen LogP contribution is -2.24. The Morgan fingerprint density at radius 2 is 1.58 bits per heavy atom. The average molecular weight is 356 g/mol. The van der Waals surface area contributed by atoms with E-state index in [2.05, 4.69) is 5.32 Å². The Bertz CT molecular complexity index is 785. The first-order chi connectivity index (χ1) is 12.4. The Labute approximate surface area is 151 Å². The van der Waals surface area contributed by atoms with Crippen molar-refractivity contribution < 1.29 is 23.9 Å². The van der Waals surface area contributed by atoms with Gasteiger partial charge < -0.3 is 20.5 Å². The predicted octanol–water partition coefficient (Wildman–Crippen LogP) is 3.00. The summed E-state index contributed by atoms with van der Waals surface area (Å²) in [7, 11) is 0. The summed E-state index contributed by atoms with van der Waals surface area (Å²) in [6.45, 7) is 3.92. The monoisotopic (exact) mass is 356 g/mol. The maximum atomic E-state index is 12.4. The van der Waals surface area contributed by atoms with Crippen LogP contribution in [0.1, 0.15) is 34.6 Å². The average Bonchev–Trinajstić information content (AvgIpc) is 2.62. The fourth-order valence-electron chi connectivity index (χ4n) is 2.23. The van der Waals surface area contributed by atoms with E-state index in [0.717, 1.165) is 0 Å². The highest BCUT2D eigenvalue weighted by Crippen LogP contribution is 2.16. The molecule has 0 aliphatic rings. The predicted molar refractivity (Wildman–Crippen MR) is 96.5 cm³/mol. The van der Waals surface area contributed by atoms with Crippen LogP contribution in [0, 0.1) is 0 Å². The number of rotatable bonds is 7. The number of hydrogen-bond donors (Lipinski definition) is 2. The number of Topliss-reactive ketones (excluding diaryl/α,β-unsaturated/α-hetero) is 1. The smallest absolute Gasteiger partial charge is 0.338 e. The van der Waals surface area contributed by atoms with Gasteiger partial charge in [-0.2, -0.15) is 0 Å². The van der Waals surface area contributed by atoms with Gasteiger partial charge in [0.25, 0.3) is 0 Å². The minimum Gasteiger partial charge on any atom is -0.494 e. The van der Waals surface area contributed by atoms with Crippen LogP contribution in [0.15, 0.2) is 48.5 Å². The minimum atomic E-state index is -0.941. The molecule has 1 atom stereocenters. The molecule has 0 radical (unpaired) electrons. The van der Waals surface area contributed by atoms with E-state index in [1.807, 2.05) is 6.92 Å². The van der Waals surface area contributed by atoms with Gasteiger partial charge in [0.1, 0.15) is 5.75 Å². The lowest BCUT2D eigenvalue weighted by molar-refractivity contribution is 0.0319. The molecular weight excluding hydrogens is 336 g/mol. The zero-order chi connectivity index (χ0) is 19.1. The van der Waals surface area contributed by atoms with Crippen LogP contribution in [0.25, 0.3) is 0 Å². The molecule has 7 nitrogen and oxygen atoms in total. The standard InChI is InChI=1S/C19H20N2O5/c1-3-25-16-10-6-13(7-11-16)17(22)12(2)26-18(23)14-4-8-15(9-5-14)21-19(20)24/h4-12H,3H2,1-2H3,(H3,20,21,24)/t12-/m0/s1. The molecule has 0 bridgehead atoms. The first-order valence-corrected chi connectivity index (χ1v) is 8.05. The van der Waals surface area contributed by atoms with Gasteiger partial charge in [0.15, 0.2) is 6.10 Å². The zero-order valence-electron chi connectivity index (χ0n) is 14.5. The summed E-state index contributed by atoms with van der Waals surface area (Å²) in [5.41, 5.74) is 6.15.